The van der Waals surface area contributed by atoms with E-state index in [0.717, 1.165) is 31.2 Å². The number of rotatable bonds is 4. The zero-order valence-electron chi connectivity index (χ0n) is 16.9. The van der Waals surface area contributed by atoms with Crippen molar-refractivity contribution < 1.29 is 9.84 Å². The maximum atomic E-state index is 12.6. The van der Waals surface area contributed by atoms with Crippen molar-refractivity contribution in [1.29, 1.82) is 0 Å². The highest BCUT2D eigenvalue weighted by atomic mass is 16.5. The Balaban J connectivity index is 1.74. The van der Waals surface area contributed by atoms with Crippen LogP contribution in [0.5, 0.6) is 0 Å². The number of aliphatic hydroxyl groups is 1. The molecule has 0 amide bonds. The molecule has 152 valence electrons. The second kappa shape index (κ2) is 7.61. The van der Waals surface area contributed by atoms with Gasteiger partial charge in [0.05, 0.1) is 29.9 Å². The third-order valence-electron chi connectivity index (χ3n) is 5.53. The van der Waals surface area contributed by atoms with E-state index in [2.05, 4.69) is 15.0 Å². The molecule has 3 aromatic rings. The number of hydrogen-bond donors (Lipinski definition) is 1. The Kier molecular flexibility index (Phi) is 5.14. The van der Waals surface area contributed by atoms with Crippen LogP contribution in [-0.4, -0.2) is 42.8 Å². The van der Waals surface area contributed by atoms with Crippen LogP contribution in [-0.2, 0) is 10.3 Å². The molecule has 0 spiro atoms. The first-order chi connectivity index (χ1) is 13.9. The van der Waals surface area contributed by atoms with Crippen molar-refractivity contribution in [2.24, 2.45) is 0 Å². The van der Waals surface area contributed by atoms with E-state index in [9.17, 15) is 9.90 Å². The third kappa shape index (κ3) is 3.90. The molecule has 0 atom stereocenters. The largest absolute Gasteiger partial charge is 0.384 e. The second-order valence-corrected chi connectivity index (χ2v) is 8.03. The van der Waals surface area contributed by atoms with Gasteiger partial charge in [0, 0.05) is 24.9 Å². The van der Waals surface area contributed by atoms with Crippen LogP contribution >= 0.6 is 0 Å². The number of nitrogens with zero attached hydrogens (tertiary/aromatic N) is 5. The Morgan fingerprint density at radius 2 is 1.79 bits per heavy atom. The molecule has 8 nitrogen and oxygen atoms in total. The average Bonchev–Trinajstić information content (AvgIpc) is 2.73. The van der Waals surface area contributed by atoms with Crippen molar-refractivity contribution in [2.75, 3.05) is 7.11 Å². The molecule has 1 fully saturated rings. The first-order valence-corrected chi connectivity index (χ1v) is 9.83. The predicted octanol–water partition coefficient (Wildman–Crippen LogP) is 2.61. The maximum Gasteiger partial charge on any atom is 0.271 e. The van der Waals surface area contributed by atoms with Gasteiger partial charge in [-0.3, -0.25) is 14.3 Å². The zero-order chi connectivity index (χ0) is 20.6. The molecule has 4 rings (SSSR count). The molecule has 1 aliphatic rings. The summed E-state index contributed by atoms with van der Waals surface area (Å²) in [4.78, 5) is 30.3. The van der Waals surface area contributed by atoms with E-state index >= 15 is 0 Å². The topological polar surface area (TPSA) is 103 Å². The van der Waals surface area contributed by atoms with E-state index in [1.165, 1.54) is 6.20 Å². The van der Waals surface area contributed by atoms with Crippen molar-refractivity contribution in [3.63, 3.8) is 0 Å². The van der Waals surface area contributed by atoms with Gasteiger partial charge in [-0.25, -0.2) is 15.0 Å². The number of hydrogen-bond acceptors (Lipinski definition) is 7. The maximum absolute atomic E-state index is 12.6. The Morgan fingerprint density at radius 3 is 2.41 bits per heavy atom. The van der Waals surface area contributed by atoms with Gasteiger partial charge in [-0.1, -0.05) is 0 Å². The number of aromatic nitrogens is 5. The summed E-state index contributed by atoms with van der Waals surface area (Å²) >= 11 is 0. The fourth-order valence-electron chi connectivity index (χ4n) is 3.85. The molecule has 0 saturated heterocycles. The molecule has 0 aliphatic heterocycles. The van der Waals surface area contributed by atoms with Gasteiger partial charge in [0.25, 0.3) is 5.56 Å². The second-order valence-electron chi connectivity index (χ2n) is 8.03. The molecule has 0 bridgehead atoms. The number of fused-ring (bicyclic) bond motifs is 1. The minimum absolute atomic E-state index is 0.0552. The molecular formula is C21H25N5O3. The van der Waals surface area contributed by atoms with Gasteiger partial charge in [-0.05, 0) is 51.7 Å². The molecule has 0 radical (unpaired) electrons. The first-order valence-electron chi connectivity index (χ1n) is 9.83. The fourth-order valence-corrected chi connectivity index (χ4v) is 3.85. The van der Waals surface area contributed by atoms with Crippen molar-refractivity contribution in [1.82, 2.24) is 24.5 Å². The molecule has 8 heteroatoms. The molecule has 1 N–H and O–H groups in total. The molecule has 29 heavy (non-hydrogen) atoms. The Morgan fingerprint density at radius 1 is 1.07 bits per heavy atom. The molecule has 1 saturated carbocycles. The van der Waals surface area contributed by atoms with Gasteiger partial charge < -0.3 is 9.84 Å². The van der Waals surface area contributed by atoms with Crippen LogP contribution < -0.4 is 5.56 Å². The number of ether oxygens (including phenoxy) is 1. The monoisotopic (exact) mass is 395 g/mol. The lowest BCUT2D eigenvalue weighted by Crippen LogP contribution is -2.30. The van der Waals surface area contributed by atoms with Crippen LogP contribution in [0.3, 0.4) is 0 Å². The van der Waals surface area contributed by atoms with Crippen LogP contribution in [0.1, 0.15) is 51.3 Å². The quantitative estimate of drug-likeness (QED) is 0.724. The van der Waals surface area contributed by atoms with Gasteiger partial charge >= 0.3 is 0 Å². The van der Waals surface area contributed by atoms with Gasteiger partial charge in [0.2, 0.25) is 0 Å². The van der Waals surface area contributed by atoms with Crippen LogP contribution in [0.25, 0.3) is 22.6 Å². The predicted molar refractivity (Wildman–Crippen MR) is 108 cm³/mol. The lowest BCUT2D eigenvalue weighted by Gasteiger charge is -2.29. The SMILES string of the molecule is COC1CCC(n2c(=O)cnc3ncc(-c4ccc(C(C)(C)O)nc4)nc32)CC1. The summed E-state index contributed by atoms with van der Waals surface area (Å²) in [6.07, 6.45) is 8.38. The van der Waals surface area contributed by atoms with Crippen molar-refractivity contribution >= 4 is 11.3 Å². The smallest absolute Gasteiger partial charge is 0.271 e. The lowest BCUT2D eigenvalue weighted by molar-refractivity contribution is 0.0585. The minimum atomic E-state index is -1.01. The molecule has 1 aliphatic carbocycles. The molecule has 3 aromatic heterocycles. The fraction of sp³-hybridized carbons (Fsp3) is 0.476. The van der Waals surface area contributed by atoms with Crippen LogP contribution in [0, 0.1) is 0 Å². The number of pyridine rings is 1. The minimum Gasteiger partial charge on any atom is -0.384 e. The zero-order valence-corrected chi connectivity index (χ0v) is 16.9. The van der Waals surface area contributed by atoms with E-state index < -0.39 is 5.60 Å². The summed E-state index contributed by atoms with van der Waals surface area (Å²) in [5, 5.41) is 10.1. The summed E-state index contributed by atoms with van der Waals surface area (Å²) in [5.41, 5.74) is 1.70. The van der Waals surface area contributed by atoms with E-state index in [1.807, 2.05) is 6.07 Å². The first kappa shape index (κ1) is 19.6. The summed E-state index contributed by atoms with van der Waals surface area (Å²) in [6, 6.07) is 3.67. The van der Waals surface area contributed by atoms with E-state index in [-0.39, 0.29) is 17.7 Å². The van der Waals surface area contributed by atoms with Crippen molar-refractivity contribution in [2.45, 2.75) is 57.3 Å². The third-order valence-corrected chi connectivity index (χ3v) is 5.53. The summed E-state index contributed by atoms with van der Waals surface area (Å²) in [7, 11) is 1.73. The normalized spacial score (nSPS) is 20.1. The van der Waals surface area contributed by atoms with Gasteiger partial charge in [-0.15, -0.1) is 0 Å². The van der Waals surface area contributed by atoms with Gasteiger partial charge in [0.1, 0.15) is 5.60 Å². The molecule has 0 unspecified atom stereocenters. The van der Waals surface area contributed by atoms with E-state index in [1.54, 1.807) is 44.0 Å². The highest BCUT2D eigenvalue weighted by molar-refractivity contribution is 5.70. The summed E-state index contributed by atoms with van der Waals surface area (Å²) in [5.74, 6) is 0. The Hall–Kier alpha value is -2.71. The average molecular weight is 395 g/mol. The van der Waals surface area contributed by atoms with Gasteiger partial charge in [-0.2, -0.15) is 0 Å². The van der Waals surface area contributed by atoms with Crippen LogP contribution in [0.2, 0.25) is 0 Å². The molecular weight excluding hydrogens is 370 g/mol. The van der Waals surface area contributed by atoms with Crippen LogP contribution in [0.4, 0.5) is 0 Å². The number of methoxy groups -OCH3 is 1. The highest BCUT2D eigenvalue weighted by Gasteiger charge is 2.25. The van der Waals surface area contributed by atoms with E-state index in [4.69, 9.17) is 9.72 Å². The lowest BCUT2D eigenvalue weighted by atomic mass is 9.92. The Labute approximate surface area is 168 Å². The highest BCUT2D eigenvalue weighted by Crippen LogP contribution is 2.30. The summed E-state index contributed by atoms with van der Waals surface area (Å²) < 4.78 is 7.18. The van der Waals surface area contributed by atoms with E-state index in [0.29, 0.717) is 22.7 Å². The van der Waals surface area contributed by atoms with Gasteiger partial charge in [0.15, 0.2) is 11.3 Å². The summed E-state index contributed by atoms with van der Waals surface area (Å²) in [6.45, 7) is 3.38. The molecule has 3 heterocycles. The van der Waals surface area contributed by atoms with Crippen molar-refractivity contribution in [3.05, 3.63) is 46.8 Å². The van der Waals surface area contributed by atoms with Crippen molar-refractivity contribution in [3.8, 4) is 11.3 Å². The standard InChI is InChI=1S/C21H25N5O3/c1-21(2,28)17-9-4-13(10-22-17)16-11-23-19-20(25-16)26(18(27)12-24-19)14-5-7-15(29-3)8-6-14/h4,9-12,14-15,28H,5-8H2,1-3H3. The molecule has 0 aromatic carbocycles. The Bertz CT molecular complexity index is 1060. The van der Waals surface area contributed by atoms with Crippen LogP contribution in [0.15, 0.2) is 35.5 Å².